The molecule has 0 unspecified atom stereocenters. The van der Waals surface area contributed by atoms with Gasteiger partial charge in [0, 0.05) is 5.56 Å². The van der Waals surface area contributed by atoms with Crippen molar-refractivity contribution in [3.8, 4) is 12.3 Å². The molecule has 0 N–H and O–H groups in total. The van der Waals surface area contributed by atoms with Crippen LogP contribution in [0.3, 0.4) is 0 Å². The highest BCUT2D eigenvalue weighted by Crippen LogP contribution is 2.01. The molecule has 0 aliphatic heterocycles. The molecule has 0 fully saturated rings. The molecule has 0 saturated heterocycles. The van der Waals surface area contributed by atoms with Crippen LogP contribution in [0.1, 0.15) is 11.1 Å². The lowest BCUT2D eigenvalue weighted by atomic mass is 10.1. The summed E-state index contributed by atoms with van der Waals surface area (Å²) in [7, 11) is 0. The van der Waals surface area contributed by atoms with Crippen molar-refractivity contribution in [1.82, 2.24) is 0 Å². The standard InChI is InChI=1S/C10H7/c1-3-9-5-7-10(4-2)8-6-9/h1,5-8H,2H2. The van der Waals surface area contributed by atoms with Gasteiger partial charge in [0.15, 0.2) is 0 Å². The lowest BCUT2D eigenvalue weighted by molar-refractivity contribution is 1.56. The molecule has 1 rings (SSSR count). The van der Waals surface area contributed by atoms with Crippen molar-refractivity contribution in [2.24, 2.45) is 0 Å². The van der Waals surface area contributed by atoms with E-state index in [1.165, 1.54) is 0 Å². The fourth-order valence-corrected chi connectivity index (χ4v) is 0.684. The van der Waals surface area contributed by atoms with Crippen molar-refractivity contribution in [1.29, 1.82) is 0 Å². The molecule has 1 aromatic rings. The molecule has 1 aromatic carbocycles. The van der Waals surface area contributed by atoms with Gasteiger partial charge in [-0.3, -0.25) is 0 Å². The fraction of sp³-hybridized carbons (Fsp3) is 0. The van der Waals surface area contributed by atoms with Crippen LogP contribution >= 0.6 is 0 Å². The molecule has 47 valence electrons. The molecular weight excluding hydrogens is 120 g/mol. The summed E-state index contributed by atoms with van der Waals surface area (Å²) >= 11 is 0. The zero-order chi connectivity index (χ0) is 7.40. The fourth-order valence-electron chi connectivity index (χ4n) is 0.684. The van der Waals surface area contributed by atoms with Gasteiger partial charge in [-0.1, -0.05) is 24.6 Å². The van der Waals surface area contributed by atoms with Gasteiger partial charge < -0.3 is 0 Å². The first kappa shape index (κ1) is 6.64. The Morgan fingerprint density at radius 3 is 2.00 bits per heavy atom. The van der Waals surface area contributed by atoms with E-state index >= 15 is 0 Å². The second kappa shape index (κ2) is 2.89. The van der Waals surface area contributed by atoms with E-state index in [1.807, 2.05) is 24.3 Å². The molecule has 0 aliphatic carbocycles. The van der Waals surface area contributed by atoms with Gasteiger partial charge in [-0.15, -0.1) is 6.42 Å². The SMILES string of the molecule is C#Cc1ccc([C]=C)cc1. The molecule has 0 aliphatic rings. The molecule has 0 bridgehead atoms. The predicted molar refractivity (Wildman–Crippen MR) is 42.3 cm³/mol. The Hall–Kier alpha value is -1.48. The van der Waals surface area contributed by atoms with Crippen LogP contribution in [0.4, 0.5) is 0 Å². The van der Waals surface area contributed by atoms with Crippen LogP contribution in [0.25, 0.3) is 0 Å². The summed E-state index contributed by atoms with van der Waals surface area (Å²) in [5.41, 5.74) is 1.86. The molecule has 0 heterocycles. The molecule has 10 heavy (non-hydrogen) atoms. The summed E-state index contributed by atoms with van der Waals surface area (Å²) in [5.74, 6) is 2.53. The summed E-state index contributed by atoms with van der Waals surface area (Å²) in [6.07, 6.45) is 7.91. The third kappa shape index (κ3) is 1.27. The second-order valence-corrected chi connectivity index (χ2v) is 1.90. The van der Waals surface area contributed by atoms with E-state index in [2.05, 4.69) is 18.6 Å². The van der Waals surface area contributed by atoms with E-state index in [0.29, 0.717) is 0 Å². The molecule has 0 saturated carbocycles. The van der Waals surface area contributed by atoms with Crippen molar-refractivity contribution in [2.45, 2.75) is 0 Å². The molecule has 1 radical (unpaired) electrons. The summed E-state index contributed by atoms with van der Waals surface area (Å²) in [6.45, 7) is 3.51. The average Bonchev–Trinajstić information content (AvgIpc) is 2.05. The quantitative estimate of drug-likeness (QED) is 0.506. The van der Waals surface area contributed by atoms with Crippen LogP contribution in [0, 0.1) is 18.4 Å². The smallest absolute Gasteiger partial charge is 0.0243 e. The highest BCUT2D eigenvalue weighted by molar-refractivity contribution is 5.35. The molecule has 0 amide bonds. The minimum absolute atomic E-state index is 0.888. The highest BCUT2D eigenvalue weighted by atomic mass is 13.9. The maximum absolute atomic E-state index is 5.16. The molecule has 0 atom stereocenters. The second-order valence-electron chi connectivity index (χ2n) is 1.90. The molecule has 0 spiro atoms. The third-order valence-corrected chi connectivity index (χ3v) is 1.26. The van der Waals surface area contributed by atoms with E-state index in [0.717, 1.165) is 11.1 Å². The Morgan fingerprint density at radius 1 is 1.10 bits per heavy atom. The Morgan fingerprint density at radius 2 is 1.60 bits per heavy atom. The van der Waals surface area contributed by atoms with Crippen LogP contribution in [0.2, 0.25) is 0 Å². The van der Waals surface area contributed by atoms with E-state index in [9.17, 15) is 0 Å². The number of benzene rings is 1. The van der Waals surface area contributed by atoms with Crippen LogP contribution < -0.4 is 0 Å². The van der Waals surface area contributed by atoms with Crippen LogP contribution in [0.5, 0.6) is 0 Å². The zero-order valence-corrected chi connectivity index (χ0v) is 5.59. The number of hydrogen-bond donors (Lipinski definition) is 0. The monoisotopic (exact) mass is 127 g/mol. The van der Waals surface area contributed by atoms with Crippen molar-refractivity contribution < 1.29 is 0 Å². The lowest BCUT2D eigenvalue weighted by Crippen LogP contribution is -1.74. The first-order valence-corrected chi connectivity index (χ1v) is 2.96. The van der Waals surface area contributed by atoms with Gasteiger partial charge in [0.25, 0.3) is 0 Å². The lowest BCUT2D eigenvalue weighted by Gasteiger charge is -1.90. The summed E-state index contributed by atoms with van der Waals surface area (Å²) < 4.78 is 0. The Balaban J connectivity index is 3.04. The predicted octanol–water partition coefficient (Wildman–Crippen LogP) is 2.01. The largest absolute Gasteiger partial charge is 0.115 e. The zero-order valence-electron chi connectivity index (χ0n) is 5.59. The van der Waals surface area contributed by atoms with E-state index < -0.39 is 0 Å². The topological polar surface area (TPSA) is 0 Å². The van der Waals surface area contributed by atoms with Crippen LogP contribution in [-0.4, -0.2) is 0 Å². The number of rotatable bonds is 1. The van der Waals surface area contributed by atoms with E-state index in [-0.39, 0.29) is 0 Å². The maximum atomic E-state index is 5.16. The number of hydrogen-bond acceptors (Lipinski definition) is 0. The van der Waals surface area contributed by atoms with Crippen molar-refractivity contribution >= 4 is 0 Å². The van der Waals surface area contributed by atoms with Gasteiger partial charge in [0.1, 0.15) is 0 Å². The van der Waals surface area contributed by atoms with Crippen molar-refractivity contribution in [3.05, 3.63) is 48.0 Å². The molecule has 0 nitrogen and oxygen atoms in total. The highest BCUT2D eigenvalue weighted by Gasteiger charge is 1.85. The van der Waals surface area contributed by atoms with Crippen LogP contribution in [-0.2, 0) is 0 Å². The minimum Gasteiger partial charge on any atom is -0.115 e. The average molecular weight is 127 g/mol. The van der Waals surface area contributed by atoms with Crippen molar-refractivity contribution in [3.63, 3.8) is 0 Å². The van der Waals surface area contributed by atoms with Gasteiger partial charge in [-0.05, 0) is 23.8 Å². The van der Waals surface area contributed by atoms with Gasteiger partial charge in [0.05, 0.1) is 0 Å². The maximum Gasteiger partial charge on any atom is 0.0243 e. The summed E-state index contributed by atoms with van der Waals surface area (Å²) in [6, 6.07) is 7.52. The summed E-state index contributed by atoms with van der Waals surface area (Å²) in [5, 5.41) is 0. The van der Waals surface area contributed by atoms with Gasteiger partial charge in [-0.2, -0.15) is 0 Å². The van der Waals surface area contributed by atoms with Gasteiger partial charge in [0.2, 0.25) is 0 Å². The molecule has 0 heteroatoms. The Labute approximate surface area is 61.2 Å². The van der Waals surface area contributed by atoms with Crippen molar-refractivity contribution in [2.75, 3.05) is 0 Å². The first-order chi connectivity index (χ1) is 4.86. The Kier molecular flexibility index (Phi) is 1.92. The van der Waals surface area contributed by atoms with Gasteiger partial charge in [-0.25, -0.2) is 0 Å². The van der Waals surface area contributed by atoms with E-state index in [1.54, 1.807) is 0 Å². The van der Waals surface area contributed by atoms with Crippen LogP contribution in [0.15, 0.2) is 30.8 Å². The number of terminal acetylenes is 1. The van der Waals surface area contributed by atoms with Gasteiger partial charge >= 0.3 is 0 Å². The molecule has 0 aromatic heterocycles. The minimum atomic E-state index is 0.888. The van der Waals surface area contributed by atoms with E-state index in [4.69, 9.17) is 6.42 Å². The third-order valence-electron chi connectivity index (χ3n) is 1.26. The first-order valence-electron chi connectivity index (χ1n) is 2.96. The molecular formula is C10H7. The normalized spacial score (nSPS) is 8.30. The Bertz CT molecular complexity index is 259. The summed E-state index contributed by atoms with van der Waals surface area (Å²) in [4.78, 5) is 0.